The maximum Gasteiger partial charge on any atom is 0.0331 e. The third-order valence-corrected chi connectivity index (χ3v) is 4.21. The van der Waals surface area contributed by atoms with E-state index in [1.807, 2.05) is 0 Å². The van der Waals surface area contributed by atoms with E-state index in [-0.39, 0.29) is 0 Å². The van der Waals surface area contributed by atoms with E-state index in [1.54, 1.807) is 11.3 Å². The van der Waals surface area contributed by atoms with E-state index >= 15 is 0 Å². The minimum atomic E-state index is 0.563. The maximum atomic E-state index is 3.63. The zero-order chi connectivity index (χ0) is 12.5. The van der Waals surface area contributed by atoms with Gasteiger partial charge in [0.05, 0.1) is 0 Å². The molecular weight excluding hydrogens is 226 g/mol. The molecule has 2 heteroatoms. The van der Waals surface area contributed by atoms with Gasteiger partial charge in [-0.25, -0.2) is 0 Å². The Balaban J connectivity index is 2.52. The molecule has 0 saturated carbocycles. The SMILES string of the molecule is CCCCC(CC)CC(NCC)c1ccsc1. The van der Waals surface area contributed by atoms with Crippen molar-refractivity contribution >= 4 is 11.3 Å². The molecule has 0 aliphatic carbocycles. The summed E-state index contributed by atoms with van der Waals surface area (Å²) in [4.78, 5) is 0. The van der Waals surface area contributed by atoms with Crippen LogP contribution in [-0.4, -0.2) is 6.54 Å². The van der Waals surface area contributed by atoms with Crippen LogP contribution in [0.25, 0.3) is 0 Å². The Morgan fingerprint density at radius 3 is 2.65 bits per heavy atom. The molecule has 0 aromatic carbocycles. The van der Waals surface area contributed by atoms with Crippen molar-refractivity contribution in [1.29, 1.82) is 0 Å². The van der Waals surface area contributed by atoms with E-state index < -0.39 is 0 Å². The minimum absolute atomic E-state index is 0.563. The molecule has 0 aliphatic rings. The smallest absolute Gasteiger partial charge is 0.0331 e. The number of unbranched alkanes of at least 4 members (excludes halogenated alkanes) is 1. The second-order valence-electron chi connectivity index (χ2n) is 4.82. The second kappa shape index (κ2) is 8.71. The van der Waals surface area contributed by atoms with Crippen molar-refractivity contribution in [3.8, 4) is 0 Å². The van der Waals surface area contributed by atoms with Crippen LogP contribution >= 0.6 is 11.3 Å². The first-order valence-electron chi connectivity index (χ1n) is 7.07. The van der Waals surface area contributed by atoms with Crippen LogP contribution < -0.4 is 5.32 Å². The highest BCUT2D eigenvalue weighted by Crippen LogP contribution is 2.27. The lowest BCUT2D eigenvalue weighted by molar-refractivity contribution is 0.357. The lowest BCUT2D eigenvalue weighted by atomic mass is 9.90. The summed E-state index contributed by atoms with van der Waals surface area (Å²) in [6, 6.07) is 2.83. The zero-order valence-electron chi connectivity index (χ0n) is 11.5. The van der Waals surface area contributed by atoms with Crippen LogP contribution in [0.1, 0.15) is 64.5 Å². The molecule has 0 saturated heterocycles. The fraction of sp³-hybridized carbons (Fsp3) is 0.733. The third-order valence-electron chi connectivity index (χ3n) is 3.51. The summed E-state index contributed by atoms with van der Waals surface area (Å²) in [5.74, 6) is 0.874. The Morgan fingerprint density at radius 1 is 1.29 bits per heavy atom. The van der Waals surface area contributed by atoms with Gasteiger partial charge in [0, 0.05) is 6.04 Å². The third kappa shape index (κ3) is 5.22. The van der Waals surface area contributed by atoms with E-state index in [0.29, 0.717) is 6.04 Å². The number of hydrogen-bond acceptors (Lipinski definition) is 2. The van der Waals surface area contributed by atoms with Crippen molar-refractivity contribution in [3.05, 3.63) is 22.4 Å². The van der Waals surface area contributed by atoms with Gasteiger partial charge in [-0.1, -0.05) is 46.5 Å². The number of nitrogens with one attached hydrogen (secondary N) is 1. The first-order valence-corrected chi connectivity index (χ1v) is 8.01. The van der Waals surface area contributed by atoms with Gasteiger partial charge >= 0.3 is 0 Å². The summed E-state index contributed by atoms with van der Waals surface area (Å²) in [6.07, 6.45) is 6.69. The van der Waals surface area contributed by atoms with Crippen molar-refractivity contribution < 1.29 is 0 Å². The Hall–Kier alpha value is -0.340. The fourth-order valence-electron chi connectivity index (χ4n) is 2.37. The molecular formula is C15H27NS. The molecule has 1 aromatic heterocycles. The second-order valence-corrected chi connectivity index (χ2v) is 5.60. The fourth-order valence-corrected chi connectivity index (χ4v) is 3.09. The molecule has 0 bridgehead atoms. The quantitative estimate of drug-likeness (QED) is 0.652. The molecule has 0 spiro atoms. The first kappa shape index (κ1) is 14.7. The molecule has 98 valence electrons. The molecule has 17 heavy (non-hydrogen) atoms. The van der Waals surface area contributed by atoms with Crippen molar-refractivity contribution in [2.75, 3.05) is 6.54 Å². The van der Waals surface area contributed by atoms with Crippen molar-refractivity contribution in [2.45, 2.75) is 58.9 Å². The van der Waals surface area contributed by atoms with E-state index in [1.165, 1.54) is 37.7 Å². The van der Waals surface area contributed by atoms with Crippen LogP contribution in [0.15, 0.2) is 16.8 Å². The average molecular weight is 253 g/mol. The molecule has 1 nitrogen and oxygen atoms in total. The number of thiophene rings is 1. The highest BCUT2D eigenvalue weighted by Gasteiger charge is 2.16. The zero-order valence-corrected chi connectivity index (χ0v) is 12.4. The van der Waals surface area contributed by atoms with E-state index in [2.05, 4.69) is 42.9 Å². The topological polar surface area (TPSA) is 12.0 Å². The highest BCUT2D eigenvalue weighted by atomic mass is 32.1. The first-order chi connectivity index (χ1) is 8.31. The van der Waals surface area contributed by atoms with Gasteiger partial charge in [0.15, 0.2) is 0 Å². The van der Waals surface area contributed by atoms with Crippen LogP contribution in [0.3, 0.4) is 0 Å². The minimum Gasteiger partial charge on any atom is -0.310 e. The summed E-state index contributed by atoms with van der Waals surface area (Å²) in [6.45, 7) is 7.88. The van der Waals surface area contributed by atoms with Crippen molar-refractivity contribution in [1.82, 2.24) is 5.32 Å². The van der Waals surface area contributed by atoms with Gasteiger partial charge in [-0.05, 0) is 41.3 Å². The standard InChI is InChI=1S/C15H27NS/c1-4-7-8-13(5-2)11-15(16-6-3)14-9-10-17-12-14/h9-10,12-13,15-16H,4-8,11H2,1-3H3. The van der Waals surface area contributed by atoms with Crippen LogP contribution in [0, 0.1) is 5.92 Å². The van der Waals surface area contributed by atoms with Crippen LogP contribution in [0.4, 0.5) is 0 Å². The van der Waals surface area contributed by atoms with Gasteiger partial charge in [0.1, 0.15) is 0 Å². The lowest BCUT2D eigenvalue weighted by Crippen LogP contribution is -2.23. The highest BCUT2D eigenvalue weighted by molar-refractivity contribution is 7.07. The molecule has 1 rings (SSSR count). The van der Waals surface area contributed by atoms with E-state index in [0.717, 1.165) is 12.5 Å². The number of hydrogen-bond donors (Lipinski definition) is 1. The van der Waals surface area contributed by atoms with Gasteiger partial charge in [-0.15, -0.1) is 0 Å². The van der Waals surface area contributed by atoms with Gasteiger partial charge in [-0.2, -0.15) is 11.3 Å². The average Bonchev–Trinajstić information content (AvgIpc) is 2.87. The van der Waals surface area contributed by atoms with Crippen LogP contribution in [0.5, 0.6) is 0 Å². The Kier molecular flexibility index (Phi) is 7.54. The largest absolute Gasteiger partial charge is 0.310 e. The summed E-state index contributed by atoms with van der Waals surface area (Å²) < 4.78 is 0. The van der Waals surface area contributed by atoms with Crippen LogP contribution in [0.2, 0.25) is 0 Å². The van der Waals surface area contributed by atoms with Crippen molar-refractivity contribution in [2.24, 2.45) is 5.92 Å². The monoisotopic (exact) mass is 253 g/mol. The number of rotatable bonds is 9. The van der Waals surface area contributed by atoms with E-state index in [4.69, 9.17) is 0 Å². The molecule has 0 amide bonds. The summed E-state index contributed by atoms with van der Waals surface area (Å²) in [5, 5.41) is 8.11. The molecule has 0 aliphatic heterocycles. The maximum absolute atomic E-state index is 3.63. The lowest BCUT2D eigenvalue weighted by Gasteiger charge is -2.23. The summed E-state index contributed by atoms with van der Waals surface area (Å²) in [5.41, 5.74) is 1.48. The Labute approximate surface area is 111 Å². The van der Waals surface area contributed by atoms with Crippen molar-refractivity contribution in [3.63, 3.8) is 0 Å². The molecule has 0 fully saturated rings. The molecule has 2 unspecified atom stereocenters. The molecule has 2 atom stereocenters. The van der Waals surface area contributed by atoms with E-state index in [9.17, 15) is 0 Å². The normalized spacial score (nSPS) is 14.8. The summed E-state index contributed by atoms with van der Waals surface area (Å²) >= 11 is 1.81. The summed E-state index contributed by atoms with van der Waals surface area (Å²) in [7, 11) is 0. The van der Waals surface area contributed by atoms with Crippen LogP contribution in [-0.2, 0) is 0 Å². The Bertz CT molecular complexity index is 268. The molecule has 0 radical (unpaired) electrons. The molecule has 1 heterocycles. The molecule has 1 N–H and O–H groups in total. The predicted molar refractivity (Wildman–Crippen MR) is 78.7 cm³/mol. The Morgan fingerprint density at radius 2 is 2.12 bits per heavy atom. The van der Waals surface area contributed by atoms with Gasteiger partial charge in [0.2, 0.25) is 0 Å². The van der Waals surface area contributed by atoms with Gasteiger partial charge < -0.3 is 5.32 Å². The van der Waals surface area contributed by atoms with Gasteiger partial charge in [0.25, 0.3) is 0 Å². The molecule has 1 aromatic rings. The van der Waals surface area contributed by atoms with Gasteiger partial charge in [-0.3, -0.25) is 0 Å². The predicted octanol–water partition coefficient (Wildman–Crippen LogP) is 5.01.